The van der Waals surface area contributed by atoms with Crippen molar-refractivity contribution in [2.75, 3.05) is 23.3 Å². The van der Waals surface area contributed by atoms with Crippen LogP contribution in [0.3, 0.4) is 0 Å². The number of anilines is 1. The molecular weight excluding hydrogens is 264 g/mol. The van der Waals surface area contributed by atoms with Gasteiger partial charge in [0, 0.05) is 18.5 Å². The number of rotatable bonds is 5. The Bertz CT molecular complexity index is 576. The smallest absolute Gasteiger partial charge is 0.233 e. The van der Waals surface area contributed by atoms with Gasteiger partial charge in [0.2, 0.25) is 10.0 Å². The van der Waals surface area contributed by atoms with Crippen LogP contribution in [-0.2, 0) is 19.9 Å². The monoisotopic (exact) mass is 278 g/mol. The van der Waals surface area contributed by atoms with E-state index in [4.69, 9.17) is 5.73 Å². The SMILES string of the molecule is CS(=O)(=O)c1ccc(NS(=O)(=O)CCN)cc1. The lowest BCUT2D eigenvalue weighted by atomic mass is 10.3. The summed E-state index contributed by atoms with van der Waals surface area (Å²) in [6.07, 6.45) is 1.08. The highest BCUT2D eigenvalue weighted by molar-refractivity contribution is 7.92. The van der Waals surface area contributed by atoms with Gasteiger partial charge in [0.1, 0.15) is 0 Å². The first kappa shape index (κ1) is 13.9. The summed E-state index contributed by atoms with van der Waals surface area (Å²) in [4.78, 5) is 0.138. The molecule has 1 rings (SSSR count). The van der Waals surface area contributed by atoms with E-state index >= 15 is 0 Å². The average molecular weight is 278 g/mol. The summed E-state index contributed by atoms with van der Waals surface area (Å²) in [5.74, 6) is -0.180. The molecular formula is C9H14N2O4S2. The number of nitrogens with one attached hydrogen (secondary N) is 1. The highest BCUT2D eigenvalue weighted by atomic mass is 32.2. The largest absolute Gasteiger partial charge is 0.329 e. The van der Waals surface area contributed by atoms with Crippen molar-refractivity contribution in [3.05, 3.63) is 24.3 Å². The molecule has 0 spiro atoms. The Labute approximate surface area is 101 Å². The predicted octanol–water partition coefficient (Wildman–Crippen LogP) is -0.209. The number of nitrogens with two attached hydrogens (primary N) is 1. The number of sulfone groups is 1. The van der Waals surface area contributed by atoms with Gasteiger partial charge in [-0.3, -0.25) is 4.72 Å². The lowest BCUT2D eigenvalue weighted by Gasteiger charge is -2.07. The van der Waals surface area contributed by atoms with E-state index < -0.39 is 19.9 Å². The molecule has 6 nitrogen and oxygen atoms in total. The van der Waals surface area contributed by atoms with Gasteiger partial charge in [-0.25, -0.2) is 16.8 Å². The lowest BCUT2D eigenvalue weighted by Crippen LogP contribution is -2.22. The van der Waals surface area contributed by atoms with E-state index in [1.54, 1.807) is 0 Å². The van der Waals surface area contributed by atoms with E-state index in [-0.39, 0.29) is 17.2 Å². The van der Waals surface area contributed by atoms with E-state index in [0.29, 0.717) is 5.69 Å². The zero-order valence-electron chi connectivity index (χ0n) is 9.25. The standard InChI is InChI=1S/C9H14N2O4S2/c1-16(12,13)9-4-2-8(3-5-9)11-17(14,15)7-6-10/h2-5,11H,6-7,10H2,1H3. The van der Waals surface area contributed by atoms with E-state index in [9.17, 15) is 16.8 Å². The Morgan fingerprint density at radius 2 is 1.65 bits per heavy atom. The topological polar surface area (TPSA) is 106 Å². The van der Waals surface area contributed by atoms with Crippen molar-refractivity contribution in [1.29, 1.82) is 0 Å². The Morgan fingerprint density at radius 1 is 1.12 bits per heavy atom. The van der Waals surface area contributed by atoms with Crippen LogP contribution in [0.5, 0.6) is 0 Å². The molecule has 3 N–H and O–H groups in total. The van der Waals surface area contributed by atoms with Gasteiger partial charge in [0.25, 0.3) is 0 Å². The minimum Gasteiger partial charge on any atom is -0.329 e. The van der Waals surface area contributed by atoms with Gasteiger partial charge in [-0.15, -0.1) is 0 Å². The zero-order valence-corrected chi connectivity index (χ0v) is 10.9. The first-order valence-corrected chi connectivity index (χ1v) is 8.30. The van der Waals surface area contributed by atoms with Gasteiger partial charge in [0.05, 0.1) is 10.6 Å². The summed E-state index contributed by atoms with van der Waals surface area (Å²) in [6, 6.07) is 5.47. The molecule has 8 heteroatoms. The van der Waals surface area contributed by atoms with Gasteiger partial charge in [-0.2, -0.15) is 0 Å². The molecule has 0 aromatic heterocycles. The molecule has 96 valence electrons. The molecule has 17 heavy (non-hydrogen) atoms. The van der Waals surface area contributed by atoms with Crippen LogP contribution in [0, 0.1) is 0 Å². The molecule has 1 aromatic carbocycles. The molecule has 0 aliphatic carbocycles. The Morgan fingerprint density at radius 3 is 2.06 bits per heavy atom. The third-order valence-electron chi connectivity index (χ3n) is 1.94. The maximum absolute atomic E-state index is 11.4. The van der Waals surface area contributed by atoms with Crippen molar-refractivity contribution in [3.8, 4) is 0 Å². The van der Waals surface area contributed by atoms with Crippen LogP contribution in [0.25, 0.3) is 0 Å². The van der Waals surface area contributed by atoms with Crippen LogP contribution >= 0.6 is 0 Å². The summed E-state index contributed by atoms with van der Waals surface area (Å²) in [7, 11) is -6.73. The molecule has 0 radical (unpaired) electrons. The molecule has 0 heterocycles. The van der Waals surface area contributed by atoms with E-state index in [1.165, 1.54) is 24.3 Å². The summed E-state index contributed by atoms with van der Waals surface area (Å²) < 4.78 is 47.4. The second-order valence-corrected chi connectivity index (χ2v) is 7.36. The summed E-state index contributed by atoms with van der Waals surface area (Å²) in [6.45, 7) is 0.0246. The number of sulfonamides is 1. The first-order chi connectivity index (χ1) is 7.74. The highest BCUT2D eigenvalue weighted by Gasteiger charge is 2.10. The highest BCUT2D eigenvalue weighted by Crippen LogP contribution is 2.14. The van der Waals surface area contributed by atoms with Crippen molar-refractivity contribution in [1.82, 2.24) is 0 Å². The zero-order chi connectivity index (χ0) is 13.1. The fraction of sp³-hybridized carbons (Fsp3) is 0.333. The van der Waals surface area contributed by atoms with Crippen LogP contribution < -0.4 is 10.5 Å². The fourth-order valence-electron chi connectivity index (χ4n) is 1.16. The van der Waals surface area contributed by atoms with Gasteiger partial charge < -0.3 is 5.73 Å². The van der Waals surface area contributed by atoms with E-state index in [1.807, 2.05) is 0 Å². The molecule has 0 fully saturated rings. The quantitative estimate of drug-likeness (QED) is 0.775. The van der Waals surface area contributed by atoms with Crippen molar-refractivity contribution in [2.24, 2.45) is 5.73 Å². The molecule has 0 aliphatic heterocycles. The van der Waals surface area contributed by atoms with Crippen LogP contribution in [0.1, 0.15) is 0 Å². The minimum absolute atomic E-state index is 0.0246. The molecule has 0 atom stereocenters. The maximum atomic E-state index is 11.4. The van der Waals surface area contributed by atoms with Gasteiger partial charge in [-0.05, 0) is 24.3 Å². The third-order valence-corrected chi connectivity index (χ3v) is 4.39. The predicted molar refractivity (Wildman–Crippen MR) is 66.0 cm³/mol. The van der Waals surface area contributed by atoms with Gasteiger partial charge in [0.15, 0.2) is 9.84 Å². The van der Waals surface area contributed by atoms with Crippen LogP contribution in [0.2, 0.25) is 0 Å². The molecule has 0 amide bonds. The van der Waals surface area contributed by atoms with Crippen molar-refractivity contribution < 1.29 is 16.8 Å². The Kier molecular flexibility index (Phi) is 4.12. The van der Waals surface area contributed by atoms with Gasteiger partial charge >= 0.3 is 0 Å². The minimum atomic E-state index is -3.46. The third kappa shape index (κ3) is 4.33. The molecule has 1 aromatic rings. The van der Waals surface area contributed by atoms with Crippen LogP contribution in [0.15, 0.2) is 29.2 Å². The number of benzene rings is 1. The Hall–Kier alpha value is -1.12. The number of hydrogen-bond acceptors (Lipinski definition) is 5. The summed E-state index contributed by atoms with van der Waals surface area (Å²) in [5, 5.41) is 0. The second kappa shape index (κ2) is 5.03. The first-order valence-electron chi connectivity index (χ1n) is 4.75. The fourth-order valence-corrected chi connectivity index (χ4v) is 2.69. The molecule has 0 saturated heterocycles. The summed E-state index contributed by atoms with van der Waals surface area (Å²) >= 11 is 0. The van der Waals surface area contributed by atoms with E-state index in [0.717, 1.165) is 6.26 Å². The second-order valence-electron chi connectivity index (χ2n) is 3.51. The molecule has 0 bridgehead atoms. The molecule has 0 saturated carbocycles. The van der Waals surface area contributed by atoms with Gasteiger partial charge in [-0.1, -0.05) is 0 Å². The average Bonchev–Trinajstić information content (AvgIpc) is 2.16. The van der Waals surface area contributed by atoms with Crippen molar-refractivity contribution >= 4 is 25.5 Å². The normalized spacial score (nSPS) is 12.4. The van der Waals surface area contributed by atoms with Crippen LogP contribution in [0.4, 0.5) is 5.69 Å². The van der Waals surface area contributed by atoms with Crippen molar-refractivity contribution in [3.63, 3.8) is 0 Å². The van der Waals surface area contributed by atoms with Crippen molar-refractivity contribution in [2.45, 2.75) is 4.90 Å². The Balaban J connectivity index is 2.90. The van der Waals surface area contributed by atoms with E-state index in [2.05, 4.69) is 4.72 Å². The summed E-state index contributed by atoms with van der Waals surface area (Å²) in [5.41, 5.74) is 5.46. The molecule has 0 aliphatic rings. The maximum Gasteiger partial charge on any atom is 0.233 e. The lowest BCUT2D eigenvalue weighted by molar-refractivity contribution is 0.600. The number of hydrogen-bond donors (Lipinski definition) is 2. The molecule has 0 unspecified atom stereocenters. The van der Waals surface area contributed by atoms with Crippen LogP contribution in [-0.4, -0.2) is 35.4 Å².